The van der Waals surface area contributed by atoms with E-state index in [-0.39, 0.29) is 6.04 Å². The van der Waals surface area contributed by atoms with E-state index in [1.807, 2.05) is 0 Å². The maximum Gasteiger partial charge on any atom is 0.239 e. The quantitative estimate of drug-likeness (QED) is 0.836. The van der Waals surface area contributed by atoms with Crippen molar-refractivity contribution >= 4 is 5.91 Å². The van der Waals surface area contributed by atoms with E-state index in [0.29, 0.717) is 11.9 Å². The predicted molar refractivity (Wildman–Crippen MR) is 74.4 cm³/mol. The minimum absolute atomic E-state index is 0.0819. The van der Waals surface area contributed by atoms with E-state index in [2.05, 4.69) is 31.0 Å². The molecule has 2 aliphatic rings. The van der Waals surface area contributed by atoms with Gasteiger partial charge in [-0.25, -0.2) is 0 Å². The van der Waals surface area contributed by atoms with Gasteiger partial charge in [0.05, 0.1) is 6.04 Å². The van der Waals surface area contributed by atoms with Crippen molar-refractivity contribution in [3.05, 3.63) is 0 Å². The second kappa shape index (κ2) is 6.05. The standard InChI is InChI=1S/C15H28N2O/c1-4-16-14-6-5-9-17(15(14)18)13-8-7-11(2)12(3)10-13/h11-14,16H,4-10H2,1-3H3. The van der Waals surface area contributed by atoms with Gasteiger partial charge in [0.2, 0.25) is 5.91 Å². The lowest BCUT2D eigenvalue weighted by Crippen LogP contribution is -2.55. The van der Waals surface area contributed by atoms with Gasteiger partial charge in [-0.3, -0.25) is 4.79 Å². The zero-order valence-corrected chi connectivity index (χ0v) is 12.1. The number of carbonyl (C=O) groups excluding carboxylic acids is 1. The summed E-state index contributed by atoms with van der Waals surface area (Å²) in [5.74, 6) is 1.94. The van der Waals surface area contributed by atoms with E-state index in [1.165, 1.54) is 19.3 Å². The number of carbonyl (C=O) groups is 1. The fourth-order valence-corrected chi connectivity index (χ4v) is 3.50. The van der Waals surface area contributed by atoms with Crippen LogP contribution in [-0.2, 0) is 4.79 Å². The molecule has 1 saturated carbocycles. The predicted octanol–water partition coefficient (Wildman–Crippen LogP) is 2.41. The van der Waals surface area contributed by atoms with Gasteiger partial charge in [0, 0.05) is 12.6 Å². The first kappa shape index (κ1) is 13.9. The lowest BCUT2D eigenvalue weighted by molar-refractivity contribution is -0.139. The van der Waals surface area contributed by atoms with Gasteiger partial charge in [-0.05, 0) is 50.5 Å². The maximum atomic E-state index is 12.5. The Bertz CT molecular complexity index is 290. The Labute approximate surface area is 111 Å². The van der Waals surface area contributed by atoms with Crippen LogP contribution < -0.4 is 5.32 Å². The Kier molecular flexibility index (Phi) is 4.66. The molecule has 1 aliphatic heterocycles. The summed E-state index contributed by atoms with van der Waals surface area (Å²) in [5, 5.41) is 3.33. The van der Waals surface area contributed by atoms with Gasteiger partial charge in [-0.15, -0.1) is 0 Å². The number of likely N-dealkylation sites (N-methyl/N-ethyl adjacent to an activating group) is 1. The number of piperidine rings is 1. The average molecular weight is 252 g/mol. The summed E-state index contributed by atoms with van der Waals surface area (Å²) in [6.07, 6.45) is 5.86. The van der Waals surface area contributed by atoms with Crippen LogP contribution in [0.1, 0.15) is 52.9 Å². The Morgan fingerprint density at radius 2 is 2.00 bits per heavy atom. The molecule has 1 saturated heterocycles. The summed E-state index contributed by atoms with van der Waals surface area (Å²) in [5.41, 5.74) is 0. The normalized spacial score (nSPS) is 37.9. The van der Waals surface area contributed by atoms with E-state index in [1.54, 1.807) is 0 Å². The maximum absolute atomic E-state index is 12.5. The molecule has 4 atom stereocenters. The van der Waals surface area contributed by atoms with Crippen molar-refractivity contribution in [1.82, 2.24) is 10.2 Å². The molecule has 2 rings (SSSR count). The van der Waals surface area contributed by atoms with Crippen molar-refractivity contribution in [2.75, 3.05) is 13.1 Å². The second-order valence-electron chi connectivity index (χ2n) is 6.21. The van der Waals surface area contributed by atoms with Crippen molar-refractivity contribution in [2.24, 2.45) is 11.8 Å². The average Bonchev–Trinajstić information content (AvgIpc) is 2.36. The minimum atomic E-state index is 0.0819. The molecule has 1 N–H and O–H groups in total. The van der Waals surface area contributed by atoms with Gasteiger partial charge in [-0.2, -0.15) is 0 Å². The van der Waals surface area contributed by atoms with Crippen LogP contribution in [0.25, 0.3) is 0 Å². The van der Waals surface area contributed by atoms with Crippen LogP contribution in [0.5, 0.6) is 0 Å². The number of amides is 1. The summed E-state index contributed by atoms with van der Waals surface area (Å²) < 4.78 is 0. The van der Waals surface area contributed by atoms with Gasteiger partial charge in [-0.1, -0.05) is 20.8 Å². The zero-order valence-electron chi connectivity index (χ0n) is 12.1. The van der Waals surface area contributed by atoms with Crippen LogP contribution in [-0.4, -0.2) is 36.0 Å². The summed E-state index contributed by atoms with van der Waals surface area (Å²) in [4.78, 5) is 14.6. The summed E-state index contributed by atoms with van der Waals surface area (Å²) in [7, 11) is 0. The fraction of sp³-hybridized carbons (Fsp3) is 0.933. The molecular formula is C15H28N2O. The molecule has 1 aliphatic carbocycles. The smallest absolute Gasteiger partial charge is 0.239 e. The van der Waals surface area contributed by atoms with Gasteiger partial charge >= 0.3 is 0 Å². The topological polar surface area (TPSA) is 32.3 Å². The van der Waals surface area contributed by atoms with Gasteiger partial charge in [0.25, 0.3) is 0 Å². The molecule has 1 heterocycles. The molecule has 0 spiro atoms. The molecule has 2 fully saturated rings. The summed E-state index contributed by atoms with van der Waals surface area (Å²) in [6.45, 7) is 8.64. The molecule has 3 nitrogen and oxygen atoms in total. The second-order valence-corrected chi connectivity index (χ2v) is 6.21. The van der Waals surface area contributed by atoms with Crippen LogP contribution in [0, 0.1) is 11.8 Å². The van der Waals surface area contributed by atoms with Crippen LogP contribution in [0.2, 0.25) is 0 Å². The Morgan fingerprint density at radius 1 is 1.22 bits per heavy atom. The van der Waals surface area contributed by atoms with E-state index in [4.69, 9.17) is 0 Å². The number of hydrogen-bond donors (Lipinski definition) is 1. The highest BCUT2D eigenvalue weighted by Crippen LogP contribution is 2.33. The van der Waals surface area contributed by atoms with Crippen molar-refractivity contribution in [3.8, 4) is 0 Å². The Morgan fingerprint density at radius 3 is 2.67 bits per heavy atom. The number of nitrogens with zero attached hydrogens (tertiary/aromatic N) is 1. The Hall–Kier alpha value is -0.570. The van der Waals surface area contributed by atoms with Gasteiger partial charge < -0.3 is 10.2 Å². The van der Waals surface area contributed by atoms with E-state index >= 15 is 0 Å². The SMILES string of the molecule is CCNC1CCCN(C2CCC(C)C(C)C2)C1=O. The Balaban J connectivity index is 1.97. The summed E-state index contributed by atoms with van der Waals surface area (Å²) in [6, 6.07) is 0.587. The highest BCUT2D eigenvalue weighted by molar-refractivity contribution is 5.82. The first-order valence-electron chi connectivity index (χ1n) is 7.67. The third kappa shape index (κ3) is 2.87. The molecule has 1 amide bonds. The highest BCUT2D eigenvalue weighted by atomic mass is 16.2. The molecule has 18 heavy (non-hydrogen) atoms. The van der Waals surface area contributed by atoms with Crippen molar-refractivity contribution in [3.63, 3.8) is 0 Å². The molecule has 0 aromatic carbocycles. The molecule has 4 unspecified atom stereocenters. The van der Waals surface area contributed by atoms with E-state index in [9.17, 15) is 4.79 Å². The third-order valence-electron chi connectivity index (χ3n) is 4.93. The largest absolute Gasteiger partial charge is 0.338 e. The molecule has 0 aromatic rings. The molecule has 0 radical (unpaired) electrons. The molecule has 0 aromatic heterocycles. The first-order valence-corrected chi connectivity index (χ1v) is 7.67. The molecule has 104 valence electrons. The lowest BCUT2D eigenvalue weighted by atomic mass is 9.78. The minimum Gasteiger partial charge on any atom is -0.338 e. The zero-order chi connectivity index (χ0) is 13.1. The van der Waals surface area contributed by atoms with Gasteiger partial charge in [0.1, 0.15) is 0 Å². The first-order chi connectivity index (χ1) is 8.63. The lowest BCUT2D eigenvalue weighted by Gasteiger charge is -2.43. The van der Waals surface area contributed by atoms with Crippen LogP contribution in [0.15, 0.2) is 0 Å². The molecule has 0 bridgehead atoms. The number of likely N-dealkylation sites (tertiary alicyclic amines) is 1. The number of hydrogen-bond acceptors (Lipinski definition) is 2. The highest BCUT2D eigenvalue weighted by Gasteiger charge is 2.35. The monoisotopic (exact) mass is 252 g/mol. The van der Waals surface area contributed by atoms with E-state index in [0.717, 1.165) is 37.8 Å². The molecular weight excluding hydrogens is 224 g/mol. The van der Waals surface area contributed by atoms with Crippen LogP contribution in [0.4, 0.5) is 0 Å². The number of nitrogens with one attached hydrogen (secondary N) is 1. The third-order valence-corrected chi connectivity index (χ3v) is 4.93. The molecule has 3 heteroatoms. The van der Waals surface area contributed by atoms with Crippen molar-refractivity contribution in [1.29, 1.82) is 0 Å². The van der Waals surface area contributed by atoms with Crippen molar-refractivity contribution < 1.29 is 4.79 Å². The fourth-order valence-electron chi connectivity index (χ4n) is 3.50. The summed E-state index contributed by atoms with van der Waals surface area (Å²) >= 11 is 0. The van der Waals surface area contributed by atoms with E-state index < -0.39 is 0 Å². The van der Waals surface area contributed by atoms with Crippen LogP contribution >= 0.6 is 0 Å². The van der Waals surface area contributed by atoms with Gasteiger partial charge in [0.15, 0.2) is 0 Å². The van der Waals surface area contributed by atoms with Crippen molar-refractivity contribution in [2.45, 2.75) is 65.0 Å². The number of rotatable bonds is 3. The van der Waals surface area contributed by atoms with Crippen LogP contribution in [0.3, 0.4) is 0 Å².